The van der Waals surface area contributed by atoms with Gasteiger partial charge >= 0.3 is 0 Å². The second-order valence-corrected chi connectivity index (χ2v) is 8.14. The minimum absolute atomic E-state index is 0.0178. The maximum Gasteiger partial charge on any atom is 0.243 e. The summed E-state index contributed by atoms with van der Waals surface area (Å²) in [6.07, 6.45) is -0.0178. The summed E-state index contributed by atoms with van der Waals surface area (Å²) in [5.74, 6) is -0.523. The summed E-state index contributed by atoms with van der Waals surface area (Å²) in [5.41, 5.74) is 8.52. The summed E-state index contributed by atoms with van der Waals surface area (Å²) in [6, 6.07) is 13.0. The van der Waals surface area contributed by atoms with Crippen LogP contribution in [-0.2, 0) is 21.4 Å². The van der Waals surface area contributed by atoms with Crippen molar-refractivity contribution in [3.8, 4) is 0 Å². The van der Waals surface area contributed by atoms with Gasteiger partial charge in [-0.3, -0.25) is 4.79 Å². The van der Waals surface area contributed by atoms with Crippen LogP contribution in [-0.4, -0.2) is 25.2 Å². The minimum Gasteiger partial charge on any atom is -0.370 e. The zero-order valence-corrected chi connectivity index (χ0v) is 15.6. The van der Waals surface area contributed by atoms with Crippen LogP contribution in [0.3, 0.4) is 0 Å². The molecule has 2 N–H and O–H groups in total. The Labute approximate surface area is 149 Å². The van der Waals surface area contributed by atoms with E-state index in [9.17, 15) is 13.2 Å². The fraction of sp³-hybridized carbons (Fsp3) is 0.316. The van der Waals surface area contributed by atoms with E-state index in [1.54, 1.807) is 13.8 Å². The third-order valence-electron chi connectivity index (χ3n) is 4.01. The van der Waals surface area contributed by atoms with E-state index in [4.69, 9.17) is 5.73 Å². The molecule has 2 aromatic carbocycles. The molecule has 0 heterocycles. The Morgan fingerprint density at radius 2 is 1.60 bits per heavy atom. The molecule has 0 saturated carbocycles. The predicted molar refractivity (Wildman–Crippen MR) is 98.5 cm³/mol. The van der Waals surface area contributed by atoms with Crippen LogP contribution in [0.15, 0.2) is 47.4 Å². The molecule has 0 bridgehead atoms. The van der Waals surface area contributed by atoms with Crippen LogP contribution in [0.1, 0.15) is 28.7 Å². The van der Waals surface area contributed by atoms with Crippen molar-refractivity contribution in [2.24, 2.45) is 5.73 Å². The number of nitrogens with zero attached hydrogens (tertiary/aromatic N) is 1. The summed E-state index contributed by atoms with van der Waals surface area (Å²) < 4.78 is 27.9. The van der Waals surface area contributed by atoms with Gasteiger partial charge in [-0.05, 0) is 37.5 Å². The smallest absolute Gasteiger partial charge is 0.243 e. The highest BCUT2D eigenvalue weighted by atomic mass is 32.2. The molecule has 0 aliphatic rings. The summed E-state index contributed by atoms with van der Waals surface area (Å²) in [5, 5.41) is 0. The van der Waals surface area contributed by atoms with Crippen molar-refractivity contribution in [2.75, 3.05) is 6.54 Å². The second kappa shape index (κ2) is 7.80. The molecule has 134 valence electrons. The molecule has 0 aliphatic heterocycles. The summed E-state index contributed by atoms with van der Waals surface area (Å²) in [7, 11) is -3.75. The van der Waals surface area contributed by atoms with Crippen LogP contribution in [0.4, 0.5) is 0 Å². The number of nitrogens with two attached hydrogens (primary N) is 1. The molecule has 0 spiro atoms. The number of sulfonamides is 1. The maximum atomic E-state index is 13.3. The Hall–Kier alpha value is -2.18. The molecular formula is C19H24N2O3S. The van der Waals surface area contributed by atoms with E-state index in [-0.39, 0.29) is 19.5 Å². The quantitative estimate of drug-likeness (QED) is 0.824. The molecule has 1 amide bonds. The topological polar surface area (TPSA) is 80.5 Å². The van der Waals surface area contributed by atoms with Gasteiger partial charge in [0.2, 0.25) is 15.9 Å². The molecular weight excluding hydrogens is 336 g/mol. The molecule has 0 radical (unpaired) electrons. The molecule has 0 saturated heterocycles. The lowest BCUT2D eigenvalue weighted by Crippen LogP contribution is -2.34. The van der Waals surface area contributed by atoms with E-state index in [0.717, 1.165) is 11.1 Å². The summed E-state index contributed by atoms with van der Waals surface area (Å²) >= 11 is 0. The van der Waals surface area contributed by atoms with Gasteiger partial charge in [0.1, 0.15) is 0 Å². The van der Waals surface area contributed by atoms with Crippen molar-refractivity contribution in [1.29, 1.82) is 0 Å². The molecule has 0 unspecified atom stereocenters. The van der Waals surface area contributed by atoms with Crippen LogP contribution in [0.2, 0.25) is 0 Å². The third-order valence-corrected chi connectivity index (χ3v) is 6.16. The SMILES string of the molecule is Cc1cc(C)c(S(=O)(=O)N(CCC(N)=O)Cc2ccccc2)c(C)c1. The molecule has 0 aromatic heterocycles. The van der Waals surface area contributed by atoms with Crippen molar-refractivity contribution < 1.29 is 13.2 Å². The van der Waals surface area contributed by atoms with E-state index < -0.39 is 15.9 Å². The molecule has 0 aliphatic carbocycles. The van der Waals surface area contributed by atoms with Gasteiger partial charge in [0, 0.05) is 19.5 Å². The van der Waals surface area contributed by atoms with Gasteiger partial charge in [-0.25, -0.2) is 8.42 Å². The molecule has 5 nitrogen and oxygen atoms in total. The van der Waals surface area contributed by atoms with Crippen molar-refractivity contribution in [2.45, 2.75) is 38.6 Å². The number of primary amides is 1. The van der Waals surface area contributed by atoms with Crippen LogP contribution >= 0.6 is 0 Å². The average molecular weight is 360 g/mol. The minimum atomic E-state index is -3.75. The molecule has 2 rings (SSSR count). The average Bonchev–Trinajstić information content (AvgIpc) is 2.50. The Bertz CT molecular complexity index is 838. The van der Waals surface area contributed by atoms with Gasteiger partial charge in [-0.1, -0.05) is 48.0 Å². The van der Waals surface area contributed by atoms with Gasteiger partial charge in [0.15, 0.2) is 0 Å². The zero-order chi connectivity index (χ0) is 18.6. The van der Waals surface area contributed by atoms with E-state index >= 15 is 0 Å². The van der Waals surface area contributed by atoms with Crippen LogP contribution in [0.5, 0.6) is 0 Å². The van der Waals surface area contributed by atoms with E-state index in [1.807, 2.05) is 49.4 Å². The van der Waals surface area contributed by atoms with Gasteiger partial charge in [0.05, 0.1) is 4.90 Å². The number of hydrogen-bond donors (Lipinski definition) is 1. The Morgan fingerprint density at radius 1 is 1.04 bits per heavy atom. The molecule has 0 atom stereocenters. The first-order chi connectivity index (χ1) is 11.7. The van der Waals surface area contributed by atoms with Crippen LogP contribution in [0, 0.1) is 20.8 Å². The van der Waals surface area contributed by atoms with Crippen LogP contribution < -0.4 is 5.73 Å². The van der Waals surface area contributed by atoms with Gasteiger partial charge in [0.25, 0.3) is 0 Å². The van der Waals surface area contributed by atoms with E-state index in [0.29, 0.717) is 16.0 Å². The summed E-state index contributed by atoms with van der Waals surface area (Å²) in [6.45, 7) is 5.77. The first kappa shape index (κ1) is 19.1. The van der Waals surface area contributed by atoms with Crippen molar-refractivity contribution >= 4 is 15.9 Å². The van der Waals surface area contributed by atoms with Gasteiger partial charge in [-0.15, -0.1) is 0 Å². The molecule has 2 aromatic rings. The number of hydrogen-bond acceptors (Lipinski definition) is 3. The highest BCUT2D eigenvalue weighted by Crippen LogP contribution is 2.26. The van der Waals surface area contributed by atoms with Crippen molar-refractivity contribution in [3.63, 3.8) is 0 Å². The van der Waals surface area contributed by atoms with Gasteiger partial charge < -0.3 is 5.73 Å². The Balaban J connectivity index is 2.46. The number of carbonyl (C=O) groups is 1. The van der Waals surface area contributed by atoms with E-state index in [2.05, 4.69) is 0 Å². The highest BCUT2D eigenvalue weighted by Gasteiger charge is 2.28. The first-order valence-electron chi connectivity index (χ1n) is 8.12. The Kier molecular flexibility index (Phi) is 5.98. The largest absolute Gasteiger partial charge is 0.370 e. The fourth-order valence-electron chi connectivity index (χ4n) is 3.01. The Morgan fingerprint density at radius 3 is 2.12 bits per heavy atom. The second-order valence-electron chi connectivity index (χ2n) is 6.27. The number of aryl methyl sites for hydroxylation is 3. The van der Waals surface area contributed by atoms with Crippen molar-refractivity contribution in [3.05, 3.63) is 64.7 Å². The maximum absolute atomic E-state index is 13.3. The number of carbonyl (C=O) groups excluding carboxylic acids is 1. The first-order valence-corrected chi connectivity index (χ1v) is 9.56. The lowest BCUT2D eigenvalue weighted by Gasteiger charge is -2.24. The lowest BCUT2D eigenvalue weighted by atomic mass is 10.1. The molecule has 25 heavy (non-hydrogen) atoms. The third kappa shape index (κ3) is 4.67. The zero-order valence-electron chi connectivity index (χ0n) is 14.8. The predicted octanol–water partition coefficient (Wildman–Crippen LogP) is 2.68. The van der Waals surface area contributed by atoms with Crippen LogP contribution in [0.25, 0.3) is 0 Å². The summed E-state index contributed by atoms with van der Waals surface area (Å²) in [4.78, 5) is 11.5. The fourth-order valence-corrected chi connectivity index (χ4v) is 4.85. The molecule has 0 fully saturated rings. The van der Waals surface area contributed by atoms with Gasteiger partial charge in [-0.2, -0.15) is 4.31 Å². The van der Waals surface area contributed by atoms with E-state index in [1.165, 1.54) is 4.31 Å². The number of benzene rings is 2. The molecule has 6 heteroatoms. The number of amides is 1. The standard InChI is InChI=1S/C19H24N2O3S/c1-14-11-15(2)19(16(3)12-14)25(23,24)21(10-9-18(20)22)13-17-7-5-4-6-8-17/h4-8,11-12H,9-10,13H2,1-3H3,(H2,20,22). The normalized spacial score (nSPS) is 11.7. The monoisotopic (exact) mass is 360 g/mol. The number of rotatable bonds is 7. The lowest BCUT2D eigenvalue weighted by molar-refractivity contribution is -0.118. The van der Waals surface area contributed by atoms with Crippen molar-refractivity contribution in [1.82, 2.24) is 4.31 Å². The highest BCUT2D eigenvalue weighted by molar-refractivity contribution is 7.89.